The van der Waals surface area contributed by atoms with Gasteiger partial charge in [-0.25, -0.2) is 13.2 Å². The summed E-state index contributed by atoms with van der Waals surface area (Å²) in [6, 6.07) is 3.06. The Bertz CT molecular complexity index is 963. The van der Waals surface area contributed by atoms with E-state index in [1.165, 1.54) is 0 Å². The summed E-state index contributed by atoms with van der Waals surface area (Å²) in [5, 5.41) is 12.6. The first-order valence-electron chi connectivity index (χ1n) is 8.19. The number of nitrogens with one attached hydrogen (secondary N) is 3. The molecule has 0 bridgehead atoms. The van der Waals surface area contributed by atoms with Crippen LogP contribution in [0.4, 0.5) is 36.8 Å². The molecule has 1 fully saturated rings. The first-order valence-corrected chi connectivity index (χ1v) is 8.19. The van der Waals surface area contributed by atoms with Crippen LogP contribution < -0.4 is 16.4 Å². The molecule has 27 heavy (non-hydrogen) atoms. The zero-order valence-corrected chi connectivity index (χ0v) is 13.9. The summed E-state index contributed by atoms with van der Waals surface area (Å²) < 4.78 is 40.4. The van der Waals surface area contributed by atoms with Crippen LogP contribution in [-0.4, -0.2) is 25.1 Å². The molecule has 11 heteroatoms. The van der Waals surface area contributed by atoms with Gasteiger partial charge in [0, 0.05) is 41.9 Å². The number of anilines is 4. The molecule has 0 spiro atoms. The summed E-state index contributed by atoms with van der Waals surface area (Å²) in [4.78, 5) is 11.9. The van der Waals surface area contributed by atoms with Crippen molar-refractivity contribution in [3.8, 4) is 0 Å². The minimum atomic E-state index is -1.01. The van der Waals surface area contributed by atoms with E-state index in [1.807, 2.05) is 6.07 Å². The first-order chi connectivity index (χ1) is 13.0. The number of aromatic nitrogens is 5. The minimum Gasteiger partial charge on any atom is -0.368 e. The van der Waals surface area contributed by atoms with Crippen LogP contribution in [0.5, 0.6) is 0 Å². The monoisotopic (exact) mass is 376 g/mol. The van der Waals surface area contributed by atoms with Crippen LogP contribution in [-0.2, 0) is 6.54 Å². The van der Waals surface area contributed by atoms with Crippen LogP contribution in [0.1, 0.15) is 30.0 Å². The molecule has 140 valence electrons. The maximum atomic E-state index is 13.7. The first kappa shape index (κ1) is 17.1. The van der Waals surface area contributed by atoms with Gasteiger partial charge in [0.25, 0.3) is 0 Å². The van der Waals surface area contributed by atoms with E-state index in [1.54, 1.807) is 0 Å². The molecule has 0 unspecified atom stereocenters. The third-order valence-corrected chi connectivity index (χ3v) is 4.04. The summed E-state index contributed by atoms with van der Waals surface area (Å²) in [5.41, 5.74) is 6.34. The van der Waals surface area contributed by atoms with Gasteiger partial charge >= 0.3 is 0 Å². The number of rotatable bonds is 6. The maximum Gasteiger partial charge on any atom is 0.235 e. The van der Waals surface area contributed by atoms with E-state index in [0.717, 1.165) is 18.5 Å². The molecular formula is C16H15F3N8. The number of hydrogen-bond donors (Lipinski definition) is 4. The number of nitrogens with zero attached hydrogens (tertiary/aromatic N) is 4. The molecule has 2 aromatic heterocycles. The van der Waals surface area contributed by atoms with E-state index in [0.29, 0.717) is 23.9 Å². The number of nitrogens with two attached hydrogens (primary N) is 1. The van der Waals surface area contributed by atoms with E-state index in [9.17, 15) is 13.2 Å². The second kappa shape index (κ2) is 6.74. The number of H-pyrrole nitrogens is 1. The lowest BCUT2D eigenvalue weighted by Crippen LogP contribution is -2.11. The smallest absolute Gasteiger partial charge is 0.235 e. The largest absolute Gasteiger partial charge is 0.368 e. The maximum absolute atomic E-state index is 13.7. The predicted octanol–water partition coefficient (Wildman–Crippen LogP) is 2.83. The fraction of sp³-hybridized carbons (Fsp3) is 0.250. The normalized spacial score (nSPS) is 13.6. The van der Waals surface area contributed by atoms with Gasteiger partial charge in [-0.3, -0.25) is 5.10 Å². The molecule has 1 aromatic carbocycles. The number of aromatic amines is 1. The Morgan fingerprint density at radius 2 is 1.74 bits per heavy atom. The molecule has 0 atom stereocenters. The Morgan fingerprint density at radius 3 is 2.44 bits per heavy atom. The second-order valence-electron chi connectivity index (χ2n) is 6.15. The third kappa shape index (κ3) is 3.91. The van der Waals surface area contributed by atoms with Crippen molar-refractivity contribution in [2.24, 2.45) is 0 Å². The van der Waals surface area contributed by atoms with Gasteiger partial charge < -0.3 is 16.4 Å². The summed E-state index contributed by atoms with van der Waals surface area (Å²) in [7, 11) is 0. The molecule has 0 aliphatic heterocycles. The summed E-state index contributed by atoms with van der Waals surface area (Å²) in [5.74, 6) is -1.94. The Balaban J connectivity index is 1.48. The van der Waals surface area contributed by atoms with Crippen molar-refractivity contribution in [1.29, 1.82) is 0 Å². The van der Waals surface area contributed by atoms with Gasteiger partial charge in [0.15, 0.2) is 5.82 Å². The van der Waals surface area contributed by atoms with Crippen molar-refractivity contribution < 1.29 is 13.2 Å². The number of halogens is 3. The van der Waals surface area contributed by atoms with Gasteiger partial charge in [-0.05, 0) is 12.8 Å². The molecule has 8 nitrogen and oxygen atoms in total. The fourth-order valence-electron chi connectivity index (χ4n) is 2.55. The van der Waals surface area contributed by atoms with Crippen molar-refractivity contribution in [3.05, 3.63) is 46.9 Å². The second-order valence-corrected chi connectivity index (χ2v) is 6.15. The number of benzene rings is 1. The molecule has 4 rings (SSSR count). The molecule has 5 N–H and O–H groups in total. The number of hydrogen-bond acceptors (Lipinski definition) is 7. The highest BCUT2D eigenvalue weighted by molar-refractivity contribution is 5.51. The highest BCUT2D eigenvalue weighted by atomic mass is 19.1. The van der Waals surface area contributed by atoms with E-state index in [2.05, 4.69) is 35.8 Å². The molecule has 1 aliphatic rings. The summed E-state index contributed by atoms with van der Waals surface area (Å²) in [6.07, 6.45) is 2.26. The van der Waals surface area contributed by atoms with E-state index < -0.39 is 17.5 Å². The topological polar surface area (TPSA) is 117 Å². The van der Waals surface area contributed by atoms with Crippen molar-refractivity contribution in [2.75, 3.05) is 16.4 Å². The highest BCUT2D eigenvalue weighted by Crippen LogP contribution is 2.39. The van der Waals surface area contributed by atoms with Crippen molar-refractivity contribution in [3.63, 3.8) is 0 Å². The fourth-order valence-corrected chi connectivity index (χ4v) is 2.55. The molecule has 3 aromatic rings. The zero-order valence-electron chi connectivity index (χ0n) is 13.9. The van der Waals surface area contributed by atoms with Crippen LogP contribution in [0.3, 0.4) is 0 Å². The lowest BCUT2D eigenvalue weighted by Gasteiger charge is -2.09. The standard InChI is InChI=1S/C16H15F3N8/c17-8-3-10(18)9(11(19)4-8)6-21-15-23-14(20)24-16(25-15)22-13-5-12(26-27-13)7-1-2-7/h3-5,7H,1-2,6H2,(H5,20,21,22,23,24,25,26,27). The molecule has 0 radical (unpaired) electrons. The van der Waals surface area contributed by atoms with E-state index in [-0.39, 0.29) is 30.0 Å². The van der Waals surface area contributed by atoms with E-state index in [4.69, 9.17) is 5.73 Å². The average Bonchev–Trinajstić information content (AvgIpc) is 3.33. The van der Waals surface area contributed by atoms with Crippen molar-refractivity contribution >= 4 is 23.7 Å². The summed E-state index contributed by atoms with van der Waals surface area (Å²) in [6.45, 7) is -0.297. The molecule has 1 saturated carbocycles. The predicted molar refractivity (Wildman–Crippen MR) is 91.7 cm³/mol. The Labute approximate surface area is 151 Å². The van der Waals surface area contributed by atoms with Crippen LogP contribution >= 0.6 is 0 Å². The van der Waals surface area contributed by atoms with Gasteiger partial charge in [-0.15, -0.1) is 0 Å². The van der Waals surface area contributed by atoms with Crippen LogP contribution in [0, 0.1) is 17.5 Å². The van der Waals surface area contributed by atoms with Gasteiger partial charge in [0.05, 0.1) is 0 Å². The lowest BCUT2D eigenvalue weighted by molar-refractivity contribution is 0.526. The molecule has 1 aliphatic carbocycles. The molecular weight excluding hydrogens is 361 g/mol. The Kier molecular flexibility index (Phi) is 4.26. The quantitative estimate of drug-likeness (QED) is 0.522. The lowest BCUT2D eigenvalue weighted by atomic mass is 10.2. The Hall–Kier alpha value is -3.37. The van der Waals surface area contributed by atoms with E-state index >= 15 is 0 Å². The summed E-state index contributed by atoms with van der Waals surface area (Å²) >= 11 is 0. The Morgan fingerprint density at radius 1 is 1.04 bits per heavy atom. The molecule has 0 saturated heterocycles. The molecule has 2 heterocycles. The minimum absolute atomic E-state index is 0.00563. The number of nitrogen functional groups attached to an aromatic ring is 1. The van der Waals surface area contributed by atoms with Crippen LogP contribution in [0.25, 0.3) is 0 Å². The van der Waals surface area contributed by atoms with Gasteiger partial charge in [0.1, 0.15) is 17.5 Å². The highest BCUT2D eigenvalue weighted by Gasteiger charge is 2.25. The molecule has 0 amide bonds. The average molecular weight is 376 g/mol. The van der Waals surface area contributed by atoms with Crippen LogP contribution in [0.15, 0.2) is 18.2 Å². The zero-order chi connectivity index (χ0) is 19.0. The van der Waals surface area contributed by atoms with Crippen molar-refractivity contribution in [1.82, 2.24) is 25.1 Å². The van der Waals surface area contributed by atoms with Gasteiger partial charge in [-0.1, -0.05) is 0 Å². The third-order valence-electron chi connectivity index (χ3n) is 4.04. The van der Waals surface area contributed by atoms with Gasteiger partial charge in [-0.2, -0.15) is 20.1 Å². The van der Waals surface area contributed by atoms with Crippen LogP contribution in [0.2, 0.25) is 0 Å². The van der Waals surface area contributed by atoms with Crippen molar-refractivity contribution in [2.45, 2.75) is 25.3 Å². The SMILES string of the molecule is Nc1nc(NCc2c(F)cc(F)cc2F)nc(Nc2cc(C3CC3)[nH]n2)n1. The van der Waals surface area contributed by atoms with Gasteiger partial charge in [0.2, 0.25) is 17.8 Å².